The van der Waals surface area contributed by atoms with Crippen LogP contribution >= 0.6 is 11.8 Å². The zero-order valence-corrected chi connectivity index (χ0v) is 26.4. The summed E-state index contributed by atoms with van der Waals surface area (Å²) < 4.78 is 26.7. The number of azide groups is 1. The van der Waals surface area contributed by atoms with Crippen molar-refractivity contribution in [2.24, 2.45) is 5.11 Å². The summed E-state index contributed by atoms with van der Waals surface area (Å²) in [6, 6.07) is 29.5. The summed E-state index contributed by atoms with van der Waals surface area (Å²) in [5.41, 5.74) is 11.3. The van der Waals surface area contributed by atoms with Crippen LogP contribution in [0.3, 0.4) is 0 Å². The molecule has 5 atom stereocenters. The van der Waals surface area contributed by atoms with E-state index in [1.54, 1.807) is 0 Å². The lowest BCUT2D eigenvalue weighted by Crippen LogP contribution is -2.62. The van der Waals surface area contributed by atoms with Crippen molar-refractivity contribution in [1.29, 1.82) is 0 Å². The average molecular weight is 592 g/mol. The normalized spacial score (nSPS) is 23.1. The van der Waals surface area contributed by atoms with Crippen LogP contribution in [0.25, 0.3) is 10.4 Å². The fourth-order valence-corrected chi connectivity index (χ4v) is 6.87. The predicted octanol–water partition coefficient (Wildman–Crippen LogP) is 8.38. The third-order valence-electron chi connectivity index (χ3n) is 7.71. The van der Waals surface area contributed by atoms with Crippen molar-refractivity contribution < 1.29 is 18.6 Å². The fraction of sp³-hybridized carbons (Fsp3) is 0.438. The molecule has 0 amide bonds. The maximum atomic E-state index is 9.67. The Morgan fingerprint density at radius 3 is 1.98 bits per heavy atom. The van der Waals surface area contributed by atoms with Gasteiger partial charge in [0.2, 0.25) is 0 Å². The van der Waals surface area contributed by atoms with Gasteiger partial charge in [-0.2, -0.15) is 0 Å². The molecule has 218 valence electrons. The predicted molar refractivity (Wildman–Crippen MR) is 167 cm³/mol. The van der Waals surface area contributed by atoms with Crippen molar-refractivity contribution in [3.63, 3.8) is 0 Å². The number of hydrogen-bond acceptors (Lipinski definition) is 6. The van der Waals surface area contributed by atoms with Gasteiger partial charge in [0.25, 0.3) is 0 Å². The Morgan fingerprint density at radius 1 is 0.854 bits per heavy atom. The first-order chi connectivity index (χ1) is 19.7. The first-order valence-corrected chi connectivity index (χ1v) is 17.8. The zero-order chi connectivity index (χ0) is 29.3. The quantitative estimate of drug-likeness (QED) is 0.0914. The lowest BCUT2D eigenvalue weighted by atomic mass is 9.98. The van der Waals surface area contributed by atoms with E-state index in [9.17, 15) is 5.53 Å². The highest BCUT2D eigenvalue weighted by Crippen LogP contribution is 2.42. The van der Waals surface area contributed by atoms with E-state index in [1.807, 2.05) is 91.0 Å². The van der Waals surface area contributed by atoms with E-state index in [4.69, 9.17) is 18.6 Å². The van der Waals surface area contributed by atoms with E-state index in [2.05, 4.69) is 43.9 Å². The van der Waals surface area contributed by atoms with Crippen LogP contribution < -0.4 is 0 Å². The molecule has 3 aromatic rings. The van der Waals surface area contributed by atoms with Gasteiger partial charge in [-0.25, -0.2) is 0 Å². The van der Waals surface area contributed by atoms with Crippen LogP contribution in [-0.2, 0) is 31.9 Å². The lowest BCUT2D eigenvalue weighted by Gasteiger charge is -2.49. The molecule has 0 aliphatic carbocycles. The summed E-state index contributed by atoms with van der Waals surface area (Å²) in [7, 11) is -2.29. The van der Waals surface area contributed by atoms with Gasteiger partial charge >= 0.3 is 0 Å². The van der Waals surface area contributed by atoms with Gasteiger partial charge in [-0.1, -0.05) is 117 Å². The van der Waals surface area contributed by atoms with Crippen molar-refractivity contribution in [2.45, 2.75) is 86.8 Å². The molecule has 1 aliphatic heterocycles. The smallest absolute Gasteiger partial charge is 0.192 e. The highest BCUT2D eigenvalue weighted by Gasteiger charge is 2.51. The van der Waals surface area contributed by atoms with Crippen LogP contribution in [0.4, 0.5) is 0 Å². The zero-order valence-electron chi connectivity index (χ0n) is 24.6. The average Bonchev–Trinajstić information content (AvgIpc) is 2.95. The highest BCUT2D eigenvalue weighted by atomic mass is 32.2. The second kappa shape index (κ2) is 14.5. The summed E-state index contributed by atoms with van der Waals surface area (Å²) in [4.78, 5) is 4.26. The van der Waals surface area contributed by atoms with Crippen molar-refractivity contribution in [3.8, 4) is 0 Å². The van der Waals surface area contributed by atoms with Crippen molar-refractivity contribution >= 4 is 20.1 Å². The van der Waals surface area contributed by atoms with Crippen molar-refractivity contribution in [2.75, 3.05) is 6.61 Å². The van der Waals surface area contributed by atoms with Crippen LogP contribution in [0.5, 0.6) is 0 Å². The third-order valence-corrected chi connectivity index (χ3v) is 13.4. The lowest BCUT2D eigenvalue weighted by molar-refractivity contribution is -0.186. The van der Waals surface area contributed by atoms with Crippen LogP contribution in [0.2, 0.25) is 18.1 Å². The largest absolute Gasteiger partial charge is 0.409 e. The fourth-order valence-electron chi connectivity index (χ4n) is 4.42. The van der Waals surface area contributed by atoms with Gasteiger partial charge in [0.1, 0.15) is 23.7 Å². The minimum Gasteiger partial charge on any atom is -0.409 e. The first-order valence-electron chi connectivity index (χ1n) is 14.0. The molecule has 4 rings (SSSR count). The van der Waals surface area contributed by atoms with Crippen LogP contribution in [-0.4, -0.2) is 44.7 Å². The first kappa shape index (κ1) is 31.3. The number of thioether (sulfide) groups is 1. The van der Waals surface area contributed by atoms with Crippen LogP contribution in [0.15, 0.2) is 101 Å². The Bertz CT molecular complexity index is 1250. The molecule has 0 spiro atoms. The Morgan fingerprint density at radius 2 is 1.41 bits per heavy atom. The van der Waals surface area contributed by atoms with E-state index >= 15 is 0 Å². The maximum Gasteiger partial charge on any atom is 0.192 e. The number of nitrogens with zero attached hydrogens (tertiary/aromatic N) is 3. The Hall–Kier alpha value is -2.62. The van der Waals surface area contributed by atoms with Gasteiger partial charge in [0.15, 0.2) is 8.32 Å². The Balaban J connectivity index is 1.68. The minimum absolute atomic E-state index is 0.0456. The third kappa shape index (κ3) is 8.69. The number of hydrogen-bond donors (Lipinski definition) is 0. The van der Waals surface area contributed by atoms with E-state index < -0.39 is 38.1 Å². The number of benzene rings is 3. The molecule has 9 heteroatoms. The summed E-state index contributed by atoms with van der Waals surface area (Å²) in [5, 5.41) is 4.22. The molecule has 1 heterocycles. The molecule has 1 aliphatic rings. The number of ether oxygens (including phenoxy) is 3. The van der Waals surface area contributed by atoms with Gasteiger partial charge in [-0.15, -0.1) is 0 Å². The Labute approximate surface area is 249 Å². The number of rotatable bonds is 12. The molecular formula is C32H41N3O4SSi. The topological polar surface area (TPSA) is 85.7 Å². The molecule has 1 saturated heterocycles. The second-order valence-electron chi connectivity index (χ2n) is 11.8. The van der Waals surface area contributed by atoms with E-state index in [1.165, 1.54) is 11.8 Å². The molecule has 0 saturated carbocycles. The van der Waals surface area contributed by atoms with Crippen LogP contribution in [0, 0.1) is 0 Å². The molecule has 1 fully saturated rings. The van der Waals surface area contributed by atoms with Gasteiger partial charge in [-0.3, -0.25) is 0 Å². The molecule has 7 nitrogen and oxygen atoms in total. The SMILES string of the molecule is CC(C)(C)[Si](C)(C)O[C@H]1[C@H](OCc2ccccc2)[C@@H](N=[N+]=[N-])C(Sc2ccccc2)O[C@@H]1COCc1ccccc1. The van der Waals surface area contributed by atoms with Gasteiger partial charge < -0.3 is 18.6 Å². The Kier molecular flexibility index (Phi) is 11.1. The van der Waals surface area contributed by atoms with E-state index in [0.29, 0.717) is 19.8 Å². The molecular weight excluding hydrogens is 551 g/mol. The molecule has 0 N–H and O–H groups in total. The molecule has 0 radical (unpaired) electrons. The van der Waals surface area contributed by atoms with Crippen LogP contribution in [0.1, 0.15) is 31.9 Å². The van der Waals surface area contributed by atoms with Crippen molar-refractivity contribution in [1.82, 2.24) is 0 Å². The highest BCUT2D eigenvalue weighted by molar-refractivity contribution is 7.99. The summed E-state index contributed by atoms with van der Waals surface area (Å²) in [6.07, 6.45) is -1.46. The minimum atomic E-state index is -2.29. The van der Waals surface area contributed by atoms with E-state index in [0.717, 1.165) is 16.0 Å². The molecule has 41 heavy (non-hydrogen) atoms. The van der Waals surface area contributed by atoms with Gasteiger partial charge in [0, 0.05) is 9.81 Å². The maximum absolute atomic E-state index is 9.67. The van der Waals surface area contributed by atoms with Crippen molar-refractivity contribution in [3.05, 3.63) is 113 Å². The summed E-state index contributed by atoms with van der Waals surface area (Å²) in [5.74, 6) is 0. The van der Waals surface area contributed by atoms with E-state index in [-0.39, 0.29) is 5.04 Å². The summed E-state index contributed by atoms with van der Waals surface area (Å²) >= 11 is 1.53. The second-order valence-corrected chi connectivity index (χ2v) is 17.7. The molecule has 3 aromatic carbocycles. The van der Waals surface area contributed by atoms with Gasteiger partial charge in [0.05, 0.1) is 25.9 Å². The summed E-state index contributed by atoms with van der Waals surface area (Å²) in [6.45, 7) is 12.2. The molecule has 1 unspecified atom stereocenters. The monoisotopic (exact) mass is 591 g/mol. The standard InChI is InChI=1S/C32H41N3O4SSi/c1-32(2,3)41(4,5)39-29-27(23-36-21-24-15-9-6-10-16-24)38-31(40-26-19-13-8-14-20-26)28(34-35-33)30(29)37-22-25-17-11-7-12-18-25/h6-20,27-31H,21-23H2,1-5H3/t27-,28-,29-,30-,31?/m1/s1. The van der Waals surface area contributed by atoms with Gasteiger partial charge in [-0.05, 0) is 46.9 Å². The molecule has 0 bridgehead atoms. The molecule has 0 aromatic heterocycles.